The zero-order chi connectivity index (χ0) is 42.8. The van der Waals surface area contributed by atoms with Gasteiger partial charge in [0.15, 0.2) is 11.5 Å². The van der Waals surface area contributed by atoms with Crippen molar-refractivity contribution in [1.29, 1.82) is 5.26 Å². The number of likely N-dealkylation sites (tertiary alicyclic amines) is 1. The van der Waals surface area contributed by atoms with E-state index in [0.717, 1.165) is 107 Å². The Kier molecular flexibility index (Phi) is 10.4. The van der Waals surface area contributed by atoms with Gasteiger partial charge in [-0.3, -0.25) is 34.2 Å². The third-order valence-electron chi connectivity index (χ3n) is 14.8. The third-order valence-corrected chi connectivity index (χ3v) is 15.1. The zero-order valence-corrected chi connectivity index (χ0v) is 35.3. The molecule has 3 saturated heterocycles. The summed E-state index contributed by atoms with van der Waals surface area (Å²) in [5, 5.41) is 23.6. The summed E-state index contributed by atoms with van der Waals surface area (Å²) in [5.41, 5.74) is 2.24. The van der Waals surface area contributed by atoms with Crippen molar-refractivity contribution in [1.82, 2.24) is 30.6 Å². The van der Waals surface area contributed by atoms with E-state index in [1.165, 1.54) is 12.8 Å². The lowest BCUT2D eigenvalue weighted by molar-refractivity contribution is -0.136. The van der Waals surface area contributed by atoms with Crippen molar-refractivity contribution in [3.05, 3.63) is 75.4 Å². The van der Waals surface area contributed by atoms with Gasteiger partial charge in [0.25, 0.3) is 17.7 Å². The number of carbonyl (C=O) groups is 5. The maximum atomic E-state index is 13.5. The lowest BCUT2D eigenvalue weighted by Crippen LogP contribution is -2.59. The second-order valence-corrected chi connectivity index (χ2v) is 18.8. The molecule has 322 valence electrons. The SMILES string of the molecule is N#Cc1ccc(OC2CCC(NC(=O)c3ccc(N4CCC5(CC4)CC(N4CCC6(CCc7cc8c(cc7O6)C(=O)N(C6CCC(=O)NC6=O)C8=O)CC4)C5)nn3)CC2)cc1Cl. The molecule has 6 heterocycles. The number of ether oxygens (including phenoxy) is 2. The van der Waals surface area contributed by atoms with E-state index in [4.69, 9.17) is 26.3 Å². The molecule has 3 aromatic rings. The number of nitriles is 1. The molecule has 2 saturated carbocycles. The number of aryl methyl sites for hydroxylation is 1. The number of aromatic nitrogens is 2. The Morgan fingerprint density at radius 3 is 2.29 bits per heavy atom. The van der Waals surface area contributed by atoms with Gasteiger partial charge in [0.05, 0.1) is 27.8 Å². The Balaban J connectivity index is 0.662. The van der Waals surface area contributed by atoms with Crippen LogP contribution >= 0.6 is 11.6 Å². The average molecular weight is 861 g/mol. The molecule has 10 rings (SSSR count). The fraction of sp³-hybridized carbons (Fsp3) is 0.522. The van der Waals surface area contributed by atoms with Crippen LogP contribution in [0.5, 0.6) is 11.5 Å². The maximum absolute atomic E-state index is 13.5. The Bertz CT molecular complexity index is 2370. The summed E-state index contributed by atoms with van der Waals surface area (Å²) in [6.07, 6.45) is 11.4. The topological polar surface area (TPSA) is 187 Å². The quantitative estimate of drug-likeness (QED) is 0.299. The van der Waals surface area contributed by atoms with E-state index in [9.17, 15) is 24.0 Å². The lowest BCUT2D eigenvalue weighted by atomic mass is 9.59. The highest BCUT2D eigenvalue weighted by Gasteiger charge is 2.51. The Morgan fingerprint density at radius 2 is 1.61 bits per heavy atom. The van der Waals surface area contributed by atoms with E-state index in [0.29, 0.717) is 44.8 Å². The number of hydrogen-bond acceptors (Lipinski definition) is 12. The highest BCUT2D eigenvalue weighted by molar-refractivity contribution is 6.31. The van der Waals surface area contributed by atoms with Crippen LogP contribution in [0.1, 0.15) is 126 Å². The number of nitrogens with one attached hydrogen (secondary N) is 2. The van der Waals surface area contributed by atoms with E-state index in [1.807, 2.05) is 6.07 Å². The summed E-state index contributed by atoms with van der Waals surface area (Å²) < 4.78 is 12.8. The van der Waals surface area contributed by atoms with E-state index in [2.05, 4.69) is 36.7 Å². The van der Waals surface area contributed by atoms with Gasteiger partial charge in [-0.25, -0.2) is 0 Å². The summed E-state index contributed by atoms with van der Waals surface area (Å²) in [7, 11) is 0. The normalized spacial score (nSPS) is 25.6. The molecule has 1 atom stereocenters. The minimum absolute atomic E-state index is 0.0220. The molecular weight excluding hydrogens is 812 g/mol. The van der Waals surface area contributed by atoms with E-state index < -0.39 is 29.7 Å². The number of nitrogens with zero attached hydrogens (tertiary/aromatic N) is 6. The highest BCUT2D eigenvalue weighted by Crippen LogP contribution is 2.52. The van der Waals surface area contributed by atoms with Crippen LogP contribution in [-0.2, 0) is 16.0 Å². The molecule has 7 aliphatic rings. The third kappa shape index (κ3) is 7.55. The summed E-state index contributed by atoms with van der Waals surface area (Å²) >= 11 is 6.16. The van der Waals surface area contributed by atoms with Crippen LogP contribution in [-0.4, -0.2) is 106 Å². The minimum atomic E-state index is -0.991. The molecular formula is C46H49ClN8O7. The first-order valence-corrected chi connectivity index (χ1v) is 22.4. The fourth-order valence-electron chi connectivity index (χ4n) is 11.0. The number of rotatable bonds is 7. The molecule has 2 aromatic carbocycles. The van der Waals surface area contributed by atoms with Gasteiger partial charge >= 0.3 is 0 Å². The largest absolute Gasteiger partial charge is 0.490 e. The van der Waals surface area contributed by atoms with Crippen LogP contribution in [0.2, 0.25) is 5.02 Å². The predicted molar refractivity (Wildman–Crippen MR) is 225 cm³/mol. The van der Waals surface area contributed by atoms with Gasteiger partial charge < -0.3 is 24.6 Å². The number of fused-ring (bicyclic) bond motifs is 2. The molecule has 1 unspecified atom stereocenters. The number of anilines is 1. The predicted octanol–water partition coefficient (Wildman–Crippen LogP) is 5.13. The number of hydrogen-bond donors (Lipinski definition) is 2. The van der Waals surface area contributed by atoms with Crippen molar-refractivity contribution >= 4 is 47.0 Å². The monoisotopic (exact) mass is 860 g/mol. The zero-order valence-electron chi connectivity index (χ0n) is 34.5. The first-order valence-electron chi connectivity index (χ1n) is 22.1. The molecule has 16 heteroatoms. The number of piperidine rings is 3. The summed E-state index contributed by atoms with van der Waals surface area (Å²) in [5.74, 6) is -0.127. The number of benzene rings is 2. The molecule has 2 aliphatic carbocycles. The van der Waals surface area contributed by atoms with Gasteiger partial charge in [0.1, 0.15) is 29.2 Å². The van der Waals surface area contributed by atoms with E-state index in [-0.39, 0.29) is 42.1 Å². The van der Waals surface area contributed by atoms with Crippen molar-refractivity contribution in [3.63, 3.8) is 0 Å². The Labute approximate surface area is 364 Å². The van der Waals surface area contributed by atoms with Gasteiger partial charge in [-0.15, -0.1) is 10.2 Å². The van der Waals surface area contributed by atoms with Crippen LogP contribution in [0.25, 0.3) is 0 Å². The average Bonchev–Trinajstić information content (AvgIpc) is 3.50. The van der Waals surface area contributed by atoms with Crippen molar-refractivity contribution in [2.24, 2.45) is 5.41 Å². The molecule has 0 radical (unpaired) electrons. The number of halogens is 1. The standard InChI is InChI=1S/C46H49ClN8O7/c47-35-22-32(4-1-28(35)26-48)61-31-5-2-29(3-6-31)49-41(57)36-7-9-39(52-51-36)54-17-13-45(14-18-54)24-30(25-45)53-19-15-46(16-20-53)12-11-27-21-33-34(23-38(27)62-46)44(60)55(43(33)59)37-8-10-40(56)50-42(37)58/h1,4,7,9,21-23,29-31,37H,2-3,5-6,8,10-20,24-25H2,(H,49,57)(H,50,56,58). The van der Waals surface area contributed by atoms with Crippen molar-refractivity contribution in [2.75, 3.05) is 31.1 Å². The van der Waals surface area contributed by atoms with E-state index >= 15 is 0 Å². The molecule has 5 aliphatic heterocycles. The smallest absolute Gasteiger partial charge is 0.272 e. The molecule has 2 spiro atoms. The highest BCUT2D eigenvalue weighted by atomic mass is 35.5. The maximum Gasteiger partial charge on any atom is 0.272 e. The van der Waals surface area contributed by atoms with Gasteiger partial charge in [-0.05, 0) is 131 Å². The minimum Gasteiger partial charge on any atom is -0.490 e. The molecule has 5 fully saturated rings. The first kappa shape index (κ1) is 40.5. The van der Waals surface area contributed by atoms with Crippen LogP contribution in [0, 0.1) is 16.7 Å². The van der Waals surface area contributed by atoms with Crippen molar-refractivity contribution in [3.8, 4) is 17.6 Å². The van der Waals surface area contributed by atoms with Gasteiger partial charge in [0.2, 0.25) is 11.8 Å². The molecule has 0 bridgehead atoms. The second-order valence-electron chi connectivity index (χ2n) is 18.4. The molecule has 1 aromatic heterocycles. The molecule has 2 N–H and O–H groups in total. The molecule has 62 heavy (non-hydrogen) atoms. The van der Waals surface area contributed by atoms with Gasteiger partial charge in [-0.1, -0.05) is 11.6 Å². The number of amides is 5. The number of carbonyl (C=O) groups excluding carboxylic acids is 5. The van der Waals surface area contributed by atoms with Crippen molar-refractivity contribution < 1.29 is 33.4 Å². The van der Waals surface area contributed by atoms with Crippen LogP contribution in [0.3, 0.4) is 0 Å². The van der Waals surface area contributed by atoms with E-state index in [1.54, 1.807) is 36.4 Å². The van der Waals surface area contributed by atoms with Gasteiger partial charge in [0, 0.05) is 50.7 Å². The fourth-order valence-corrected chi connectivity index (χ4v) is 11.2. The van der Waals surface area contributed by atoms with Crippen LogP contribution in [0.15, 0.2) is 42.5 Å². The second kappa shape index (κ2) is 16.0. The van der Waals surface area contributed by atoms with Crippen LogP contribution < -0.4 is 25.0 Å². The van der Waals surface area contributed by atoms with Crippen LogP contribution in [0.4, 0.5) is 5.82 Å². The summed E-state index contributed by atoms with van der Waals surface area (Å²) in [4.78, 5) is 70.0. The molecule has 15 nitrogen and oxygen atoms in total. The summed E-state index contributed by atoms with van der Waals surface area (Å²) in [6, 6.07) is 13.9. The molecule has 5 amide bonds. The Morgan fingerprint density at radius 1 is 0.871 bits per heavy atom. The number of imide groups is 2. The van der Waals surface area contributed by atoms with Crippen molar-refractivity contribution in [2.45, 2.75) is 120 Å². The lowest BCUT2D eigenvalue weighted by Gasteiger charge is -2.57. The Hall–Kier alpha value is -5.59. The van der Waals surface area contributed by atoms with Gasteiger partial charge in [-0.2, -0.15) is 5.26 Å². The summed E-state index contributed by atoms with van der Waals surface area (Å²) in [6.45, 7) is 3.72. The first-order chi connectivity index (χ1) is 30.0.